The molecule has 148 valence electrons. The van der Waals surface area contributed by atoms with Gasteiger partial charge in [0.15, 0.2) is 0 Å². The molecule has 6 heteroatoms. The normalized spacial score (nSPS) is 18.3. The number of nitrogens with zero attached hydrogens (tertiary/aromatic N) is 3. The van der Waals surface area contributed by atoms with Crippen LogP contribution in [0.5, 0.6) is 0 Å². The van der Waals surface area contributed by atoms with E-state index >= 15 is 0 Å². The molecule has 0 saturated carbocycles. The van der Waals surface area contributed by atoms with Crippen molar-refractivity contribution >= 4 is 28.4 Å². The largest absolute Gasteiger partial charge is 0.340 e. The molecule has 1 atom stereocenters. The van der Waals surface area contributed by atoms with E-state index in [0.29, 0.717) is 12.8 Å². The van der Waals surface area contributed by atoms with Crippen molar-refractivity contribution < 1.29 is 9.59 Å². The van der Waals surface area contributed by atoms with Gasteiger partial charge in [-0.15, -0.1) is 0 Å². The molecular formula is C23H24N4O2. The molecule has 29 heavy (non-hydrogen) atoms. The molecule has 1 N–H and O–H groups in total. The van der Waals surface area contributed by atoms with Gasteiger partial charge in [0.1, 0.15) is 0 Å². The third kappa shape index (κ3) is 3.62. The quantitative estimate of drug-likeness (QED) is 0.729. The fourth-order valence-corrected chi connectivity index (χ4v) is 4.39. The highest BCUT2D eigenvalue weighted by Crippen LogP contribution is 2.26. The maximum absolute atomic E-state index is 12.7. The molecule has 0 aliphatic carbocycles. The second-order valence-corrected chi connectivity index (χ2v) is 8.02. The molecule has 3 aromatic rings. The number of rotatable bonds is 5. The highest BCUT2D eigenvalue weighted by atomic mass is 16.2. The highest BCUT2D eigenvalue weighted by molar-refractivity contribution is 5.99. The summed E-state index contributed by atoms with van der Waals surface area (Å²) in [4.78, 5) is 26.1. The second-order valence-electron chi connectivity index (χ2n) is 8.02. The molecule has 2 aliphatic rings. The number of aromatic nitrogens is 2. The van der Waals surface area contributed by atoms with E-state index in [1.54, 1.807) is 0 Å². The maximum Gasteiger partial charge on any atom is 0.228 e. The van der Waals surface area contributed by atoms with Gasteiger partial charge in [0.25, 0.3) is 0 Å². The number of carbonyl (C=O) groups excluding carboxylic acids is 2. The molecule has 3 heterocycles. The summed E-state index contributed by atoms with van der Waals surface area (Å²) in [5.41, 5.74) is 4.18. The molecule has 2 aliphatic heterocycles. The van der Waals surface area contributed by atoms with Crippen LogP contribution >= 0.6 is 0 Å². The van der Waals surface area contributed by atoms with Crippen LogP contribution < -0.4 is 5.32 Å². The number of hydrogen-bond acceptors (Lipinski definition) is 3. The molecule has 1 unspecified atom stereocenters. The lowest BCUT2D eigenvalue weighted by molar-refractivity contribution is -0.130. The van der Waals surface area contributed by atoms with Crippen molar-refractivity contribution in [2.75, 3.05) is 18.4 Å². The number of fused-ring (bicyclic) bond motifs is 2. The van der Waals surface area contributed by atoms with Crippen molar-refractivity contribution in [1.82, 2.24) is 14.7 Å². The summed E-state index contributed by atoms with van der Waals surface area (Å²) in [7, 11) is 0. The first kappa shape index (κ1) is 17.9. The topological polar surface area (TPSA) is 67.2 Å². The van der Waals surface area contributed by atoms with E-state index in [-0.39, 0.29) is 17.9 Å². The Kier molecular flexibility index (Phi) is 4.54. The van der Waals surface area contributed by atoms with Crippen molar-refractivity contribution in [3.8, 4) is 0 Å². The highest BCUT2D eigenvalue weighted by Gasteiger charge is 2.27. The molecule has 1 fully saturated rings. The number of aryl methyl sites for hydroxylation is 1. The van der Waals surface area contributed by atoms with Crippen LogP contribution in [0.4, 0.5) is 5.69 Å². The van der Waals surface area contributed by atoms with Gasteiger partial charge < -0.3 is 10.2 Å². The van der Waals surface area contributed by atoms with Crippen molar-refractivity contribution in [2.24, 2.45) is 0 Å². The Bertz CT molecular complexity index is 1050. The minimum atomic E-state index is 0.0565. The monoisotopic (exact) mass is 388 g/mol. The molecule has 1 aromatic heterocycles. The van der Waals surface area contributed by atoms with Crippen LogP contribution in [0, 0.1) is 0 Å². The van der Waals surface area contributed by atoms with E-state index in [4.69, 9.17) is 0 Å². The first-order valence-corrected chi connectivity index (χ1v) is 10.3. The summed E-state index contributed by atoms with van der Waals surface area (Å²) in [5, 5.41) is 8.67. The minimum Gasteiger partial charge on any atom is -0.340 e. The van der Waals surface area contributed by atoms with Gasteiger partial charge >= 0.3 is 0 Å². The van der Waals surface area contributed by atoms with Crippen LogP contribution in [0.15, 0.2) is 48.7 Å². The number of nitrogens with one attached hydrogen (secondary N) is 1. The van der Waals surface area contributed by atoms with E-state index in [2.05, 4.69) is 28.7 Å². The van der Waals surface area contributed by atoms with Gasteiger partial charge in [-0.05, 0) is 42.5 Å². The van der Waals surface area contributed by atoms with Crippen LogP contribution in [-0.2, 0) is 22.4 Å². The van der Waals surface area contributed by atoms with Crippen LogP contribution in [0.2, 0.25) is 0 Å². The number of benzene rings is 2. The SMILES string of the molecule is O=C1Cc2cc(CCCC(=O)N3CCC(n4cc5ccccc5n4)C3)ccc2N1. The predicted octanol–water partition coefficient (Wildman–Crippen LogP) is 3.33. The number of amides is 2. The van der Waals surface area contributed by atoms with Crippen molar-refractivity contribution in [2.45, 2.75) is 38.1 Å². The van der Waals surface area contributed by atoms with Gasteiger partial charge in [0.05, 0.1) is 18.0 Å². The summed E-state index contributed by atoms with van der Waals surface area (Å²) in [6, 6.07) is 14.5. The van der Waals surface area contributed by atoms with Crippen LogP contribution in [0.1, 0.15) is 36.4 Å². The zero-order chi connectivity index (χ0) is 19.8. The Labute approximate surface area is 169 Å². The summed E-state index contributed by atoms with van der Waals surface area (Å²) >= 11 is 0. The number of carbonyl (C=O) groups is 2. The Balaban J connectivity index is 1.14. The summed E-state index contributed by atoms with van der Waals surface area (Å²) in [5.74, 6) is 0.281. The lowest BCUT2D eigenvalue weighted by Gasteiger charge is -2.16. The van der Waals surface area contributed by atoms with Crippen molar-refractivity contribution in [3.05, 3.63) is 59.8 Å². The van der Waals surface area contributed by atoms with Gasteiger partial charge in [-0.3, -0.25) is 14.3 Å². The van der Waals surface area contributed by atoms with Gasteiger partial charge in [0.2, 0.25) is 11.8 Å². The Morgan fingerprint density at radius 3 is 3.00 bits per heavy atom. The standard InChI is InChI=1S/C23H24N4O2/c28-22-13-18-12-16(8-9-20(18)24-22)4-3-7-23(29)26-11-10-19(15-26)27-14-17-5-1-2-6-21(17)25-27/h1-2,5-6,8-9,12,14,19H,3-4,7,10-11,13,15H2,(H,24,28). The lowest BCUT2D eigenvalue weighted by Crippen LogP contribution is -2.29. The molecule has 0 radical (unpaired) electrons. The number of anilines is 1. The third-order valence-corrected chi connectivity index (χ3v) is 5.97. The zero-order valence-corrected chi connectivity index (χ0v) is 16.3. The summed E-state index contributed by atoms with van der Waals surface area (Å²) in [6.07, 6.45) is 5.73. The first-order valence-electron chi connectivity index (χ1n) is 10.3. The third-order valence-electron chi connectivity index (χ3n) is 5.97. The molecule has 2 aromatic carbocycles. The molecule has 0 spiro atoms. The molecule has 0 bridgehead atoms. The number of hydrogen-bond donors (Lipinski definition) is 1. The van der Waals surface area contributed by atoms with E-state index in [1.807, 2.05) is 39.9 Å². The van der Waals surface area contributed by atoms with E-state index in [0.717, 1.165) is 54.5 Å². The predicted molar refractivity (Wildman–Crippen MR) is 112 cm³/mol. The fraction of sp³-hybridized carbons (Fsp3) is 0.348. The van der Waals surface area contributed by atoms with E-state index in [9.17, 15) is 9.59 Å². The summed E-state index contributed by atoms with van der Waals surface area (Å²) < 4.78 is 2.03. The summed E-state index contributed by atoms with van der Waals surface area (Å²) in [6.45, 7) is 1.53. The lowest BCUT2D eigenvalue weighted by atomic mass is 10.0. The molecule has 2 amide bonds. The van der Waals surface area contributed by atoms with E-state index in [1.165, 1.54) is 5.56 Å². The Hall–Kier alpha value is -3.15. The molecular weight excluding hydrogens is 364 g/mol. The zero-order valence-electron chi connectivity index (χ0n) is 16.3. The Morgan fingerprint density at radius 2 is 2.10 bits per heavy atom. The molecule has 1 saturated heterocycles. The number of likely N-dealkylation sites (tertiary alicyclic amines) is 1. The van der Waals surface area contributed by atoms with Crippen LogP contribution in [0.3, 0.4) is 0 Å². The maximum atomic E-state index is 12.7. The van der Waals surface area contributed by atoms with Gasteiger partial charge in [-0.1, -0.05) is 30.3 Å². The second kappa shape index (κ2) is 7.35. The molecule has 6 nitrogen and oxygen atoms in total. The van der Waals surface area contributed by atoms with E-state index < -0.39 is 0 Å². The van der Waals surface area contributed by atoms with Gasteiger partial charge in [0, 0.05) is 36.8 Å². The first-order chi connectivity index (χ1) is 14.2. The fourth-order valence-electron chi connectivity index (χ4n) is 4.39. The van der Waals surface area contributed by atoms with Crippen molar-refractivity contribution in [1.29, 1.82) is 0 Å². The van der Waals surface area contributed by atoms with Crippen LogP contribution in [0.25, 0.3) is 10.9 Å². The Morgan fingerprint density at radius 1 is 1.21 bits per heavy atom. The van der Waals surface area contributed by atoms with Gasteiger partial charge in [-0.2, -0.15) is 5.10 Å². The molecule has 5 rings (SSSR count). The minimum absolute atomic E-state index is 0.0565. The van der Waals surface area contributed by atoms with Gasteiger partial charge in [-0.25, -0.2) is 0 Å². The average Bonchev–Trinajstić information content (AvgIpc) is 3.44. The van der Waals surface area contributed by atoms with Crippen molar-refractivity contribution in [3.63, 3.8) is 0 Å². The average molecular weight is 388 g/mol. The van der Waals surface area contributed by atoms with Crippen LogP contribution in [-0.4, -0.2) is 39.6 Å². The smallest absolute Gasteiger partial charge is 0.228 e.